The molecule has 16 heavy (non-hydrogen) atoms. The van der Waals surface area contributed by atoms with Gasteiger partial charge in [-0.1, -0.05) is 26.7 Å². The van der Waals surface area contributed by atoms with Crippen LogP contribution in [0.5, 0.6) is 0 Å². The lowest BCUT2D eigenvalue weighted by Gasteiger charge is -2.32. The standard InChI is InChI=1S/C14H24O2/c1-11(2)13(15)14(9-5-6-10-14)16-12-7-3-4-8-12/h11-12H,3-10H2,1-2H3. The summed E-state index contributed by atoms with van der Waals surface area (Å²) < 4.78 is 6.23. The lowest BCUT2D eigenvalue weighted by atomic mass is 9.88. The van der Waals surface area contributed by atoms with E-state index in [0.29, 0.717) is 11.9 Å². The van der Waals surface area contributed by atoms with Crippen LogP contribution in [0.4, 0.5) is 0 Å². The minimum Gasteiger partial charge on any atom is -0.364 e. The van der Waals surface area contributed by atoms with Gasteiger partial charge in [0, 0.05) is 5.92 Å². The molecule has 0 atom stereocenters. The summed E-state index contributed by atoms with van der Waals surface area (Å²) in [5, 5.41) is 0. The van der Waals surface area contributed by atoms with Crippen LogP contribution >= 0.6 is 0 Å². The van der Waals surface area contributed by atoms with Crippen LogP contribution in [-0.2, 0) is 9.53 Å². The number of ether oxygens (including phenoxy) is 1. The Morgan fingerprint density at radius 3 is 2.19 bits per heavy atom. The van der Waals surface area contributed by atoms with Crippen LogP contribution < -0.4 is 0 Å². The third kappa shape index (κ3) is 2.32. The van der Waals surface area contributed by atoms with Crippen molar-refractivity contribution in [3.63, 3.8) is 0 Å². The minimum absolute atomic E-state index is 0.111. The Balaban J connectivity index is 2.05. The number of ketones is 1. The molecular weight excluding hydrogens is 200 g/mol. The van der Waals surface area contributed by atoms with Gasteiger partial charge in [0.15, 0.2) is 5.78 Å². The Labute approximate surface area is 98.7 Å². The highest BCUT2D eigenvalue weighted by atomic mass is 16.5. The normalized spacial score (nSPS) is 25.4. The van der Waals surface area contributed by atoms with Crippen molar-refractivity contribution in [2.24, 2.45) is 5.92 Å². The van der Waals surface area contributed by atoms with Crippen molar-refractivity contribution in [1.82, 2.24) is 0 Å². The van der Waals surface area contributed by atoms with Crippen molar-refractivity contribution >= 4 is 5.78 Å². The van der Waals surface area contributed by atoms with Crippen molar-refractivity contribution < 1.29 is 9.53 Å². The molecule has 0 aliphatic heterocycles. The monoisotopic (exact) mass is 224 g/mol. The first kappa shape index (κ1) is 12.1. The summed E-state index contributed by atoms with van der Waals surface area (Å²) in [5.41, 5.74) is -0.400. The molecule has 2 heteroatoms. The third-order valence-corrected chi connectivity index (χ3v) is 4.08. The van der Waals surface area contributed by atoms with E-state index in [1.165, 1.54) is 12.8 Å². The van der Waals surface area contributed by atoms with E-state index in [9.17, 15) is 4.79 Å². The first-order valence-electron chi connectivity index (χ1n) is 6.86. The summed E-state index contributed by atoms with van der Waals surface area (Å²) in [4.78, 5) is 12.3. The van der Waals surface area contributed by atoms with Crippen LogP contribution in [0.3, 0.4) is 0 Å². The Kier molecular flexibility index (Phi) is 3.68. The quantitative estimate of drug-likeness (QED) is 0.730. The van der Waals surface area contributed by atoms with Gasteiger partial charge >= 0.3 is 0 Å². The number of Topliss-reactive ketones (excluding diaryl/α,β-unsaturated/α-hetero) is 1. The van der Waals surface area contributed by atoms with Crippen LogP contribution in [0.25, 0.3) is 0 Å². The van der Waals surface area contributed by atoms with Gasteiger partial charge in [-0.25, -0.2) is 0 Å². The Morgan fingerprint density at radius 1 is 1.12 bits per heavy atom. The molecule has 0 radical (unpaired) electrons. The number of rotatable bonds is 4. The summed E-state index contributed by atoms with van der Waals surface area (Å²) in [6, 6.07) is 0. The van der Waals surface area contributed by atoms with Crippen molar-refractivity contribution in [3.8, 4) is 0 Å². The smallest absolute Gasteiger partial charge is 0.167 e. The first-order chi connectivity index (χ1) is 7.64. The topological polar surface area (TPSA) is 26.3 Å². The Morgan fingerprint density at radius 2 is 1.69 bits per heavy atom. The van der Waals surface area contributed by atoms with Crippen LogP contribution in [0.2, 0.25) is 0 Å². The highest BCUT2D eigenvalue weighted by molar-refractivity contribution is 5.89. The molecular formula is C14H24O2. The van der Waals surface area contributed by atoms with E-state index in [-0.39, 0.29) is 5.92 Å². The molecule has 0 N–H and O–H groups in total. The molecule has 92 valence electrons. The molecule has 2 nitrogen and oxygen atoms in total. The largest absolute Gasteiger partial charge is 0.364 e. The SMILES string of the molecule is CC(C)C(=O)C1(OC2CCCC2)CCCC1. The zero-order chi connectivity index (χ0) is 11.6. The highest BCUT2D eigenvalue weighted by Gasteiger charge is 2.44. The van der Waals surface area contributed by atoms with E-state index in [4.69, 9.17) is 4.74 Å². The second kappa shape index (κ2) is 4.87. The second-order valence-corrected chi connectivity index (χ2v) is 5.74. The molecule has 0 aromatic rings. The minimum atomic E-state index is -0.400. The van der Waals surface area contributed by atoms with Gasteiger partial charge < -0.3 is 4.74 Å². The number of carbonyl (C=O) groups excluding carboxylic acids is 1. The number of hydrogen-bond acceptors (Lipinski definition) is 2. The molecule has 2 aliphatic carbocycles. The Hall–Kier alpha value is -0.370. The molecule has 2 aliphatic rings. The van der Waals surface area contributed by atoms with Gasteiger partial charge in [0.25, 0.3) is 0 Å². The first-order valence-corrected chi connectivity index (χ1v) is 6.86. The van der Waals surface area contributed by atoms with E-state index < -0.39 is 5.60 Å². The fourth-order valence-electron chi connectivity index (χ4n) is 3.22. The fourth-order valence-corrected chi connectivity index (χ4v) is 3.22. The number of hydrogen-bond donors (Lipinski definition) is 0. The van der Waals surface area contributed by atoms with Crippen molar-refractivity contribution in [2.45, 2.75) is 76.9 Å². The van der Waals surface area contributed by atoms with Gasteiger partial charge in [0.05, 0.1) is 6.10 Å². The zero-order valence-electron chi connectivity index (χ0n) is 10.6. The molecule has 2 fully saturated rings. The van der Waals surface area contributed by atoms with Gasteiger partial charge in [0.2, 0.25) is 0 Å². The molecule has 0 amide bonds. The molecule has 2 saturated carbocycles. The lowest BCUT2D eigenvalue weighted by molar-refractivity contribution is -0.155. The van der Waals surface area contributed by atoms with Gasteiger partial charge in [-0.2, -0.15) is 0 Å². The van der Waals surface area contributed by atoms with Gasteiger partial charge in [-0.15, -0.1) is 0 Å². The maximum atomic E-state index is 12.3. The zero-order valence-corrected chi connectivity index (χ0v) is 10.6. The number of carbonyl (C=O) groups is 1. The molecule has 0 bridgehead atoms. The van der Waals surface area contributed by atoms with Crippen LogP contribution in [0.1, 0.15) is 65.2 Å². The molecule has 0 aromatic carbocycles. The van der Waals surface area contributed by atoms with E-state index in [2.05, 4.69) is 0 Å². The van der Waals surface area contributed by atoms with Gasteiger partial charge in [-0.3, -0.25) is 4.79 Å². The van der Waals surface area contributed by atoms with Crippen molar-refractivity contribution in [3.05, 3.63) is 0 Å². The molecule has 0 saturated heterocycles. The second-order valence-electron chi connectivity index (χ2n) is 5.74. The summed E-state index contributed by atoms with van der Waals surface area (Å²) in [6.45, 7) is 4.00. The predicted molar refractivity (Wildman–Crippen MR) is 64.4 cm³/mol. The van der Waals surface area contributed by atoms with Gasteiger partial charge in [0.1, 0.15) is 5.60 Å². The van der Waals surface area contributed by atoms with Gasteiger partial charge in [-0.05, 0) is 38.5 Å². The maximum absolute atomic E-state index is 12.3. The maximum Gasteiger partial charge on any atom is 0.167 e. The molecule has 2 rings (SSSR count). The molecule has 0 spiro atoms. The van der Waals surface area contributed by atoms with Crippen LogP contribution in [-0.4, -0.2) is 17.5 Å². The van der Waals surface area contributed by atoms with E-state index in [1.807, 2.05) is 13.8 Å². The predicted octanol–water partition coefficient (Wildman–Crippen LogP) is 3.48. The molecule has 0 aromatic heterocycles. The van der Waals surface area contributed by atoms with Crippen LogP contribution in [0.15, 0.2) is 0 Å². The average molecular weight is 224 g/mol. The molecule has 0 unspecified atom stereocenters. The summed E-state index contributed by atoms with van der Waals surface area (Å²) in [5.74, 6) is 0.455. The van der Waals surface area contributed by atoms with E-state index in [0.717, 1.165) is 38.5 Å². The van der Waals surface area contributed by atoms with E-state index in [1.54, 1.807) is 0 Å². The van der Waals surface area contributed by atoms with Crippen LogP contribution in [0, 0.1) is 5.92 Å². The highest BCUT2D eigenvalue weighted by Crippen LogP contribution is 2.39. The summed E-state index contributed by atoms with van der Waals surface area (Å²) >= 11 is 0. The fraction of sp³-hybridized carbons (Fsp3) is 0.929. The Bertz CT molecular complexity index is 245. The van der Waals surface area contributed by atoms with Crippen molar-refractivity contribution in [1.29, 1.82) is 0 Å². The summed E-state index contributed by atoms with van der Waals surface area (Å²) in [7, 11) is 0. The summed E-state index contributed by atoms with van der Waals surface area (Å²) in [6.07, 6.45) is 9.46. The van der Waals surface area contributed by atoms with E-state index >= 15 is 0 Å². The average Bonchev–Trinajstić information content (AvgIpc) is 2.89. The van der Waals surface area contributed by atoms with Crippen molar-refractivity contribution in [2.75, 3.05) is 0 Å². The lowest BCUT2D eigenvalue weighted by Crippen LogP contribution is -2.43. The third-order valence-electron chi connectivity index (χ3n) is 4.08. The molecule has 0 heterocycles.